The zero-order valence-corrected chi connectivity index (χ0v) is 14.6. The second-order valence-electron chi connectivity index (χ2n) is 6.45. The second kappa shape index (κ2) is 7.33. The number of amides is 1. The first-order valence-electron chi connectivity index (χ1n) is 8.90. The lowest BCUT2D eigenvalue weighted by molar-refractivity contribution is 0.0707. The second-order valence-corrected chi connectivity index (χ2v) is 6.45. The Bertz CT molecular complexity index is 962. The molecule has 4 rings (SSSR count). The van der Waals surface area contributed by atoms with Gasteiger partial charge in [0.25, 0.3) is 5.91 Å². The van der Waals surface area contributed by atoms with Gasteiger partial charge < -0.3 is 9.47 Å². The molecule has 1 amide bonds. The first kappa shape index (κ1) is 16.2. The molecule has 0 saturated heterocycles. The van der Waals surface area contributed by atoms with Gasteiger partial charge in [0.2, 0.25) is 0 Å². The molecule has 0 N–H and O–H groups in total. The van der Waals surface area contributed by atoms with E-state index in [1.807, 2.05) is 70.3 Å². The molecule has 0 aliphatic carbocycles. The molecule has 0 unspecified atom stereocenters. The Balaban J connectivity index is 1.47. The van der Waals surface area contributed by atoms with Gasteiger partial charge in [-0.15, -0.1) is 0 Å². The Morgan fingerprint density at radius 1 is 0.846 bits per heavy atom. The summed E-state index contributed by atoms with van der Waals surface area (Å²) in [6.07, 6.45) is 2.87. The highest BCUT2D eigenvalue weighted by Gasteiger charge is 2.24. The Labute approximate surface area is 153 Å². The van der Waals surface area contributed by atoms with Crippen LogP contribution in [-0.2, 0) is 13.0 Å². The third-order valence-electron chi connectivity index (χ3n) is 4.65. The van der Waals surface area contributed by atoms with Gasteiger partial charge in [-0.1, -0.05) is 60.4 Å². The number of fused-ring (bicyclic) bond motifs is 1. The van der Waals surface area contributed by atoms with E-state index in [9.17, 15) is 4.79 Å². The van der Waals surface area contributed by atoms with Gasteiger partial charge >= 0.3 is 0 Å². The number of carbonyl (C=O) groups excluding carboxylic acids is 1. The van der Waals surface area contributed by atoms with Crippen LogP contribution < -0.4 is 0 Å². The van der Waals surface area contributed by atoms with Crippen molar-refractivity contribution in [2.45, 2.75) is 13.0 Å². The van der Waals surface area contributed by atoms with Crippen molar-refractivity contribution in [1.29, 1.82) is 0 Å². The molecule has 3 heteroatoms. The van der Waals surface area contributed by atoms with E-state index in [-0.39, 0.29) is 5.91 Å². The SMILES string of the molecule is O=C1c2cc(C#Cc3ccccc3)cn2CCN1CCc1ccccc1. The van der Waals surface area contributed by atoms with Crippen LogP contribution in [0.1, 0.15) is 27.2 Å². The molecule has 3 nitrogen and oxygen atoms in total. The van der Waals surface area contributed by atoms with E-state index in [1.165, 1.54) is 5.56 Å². The average molecular weight is 340 g/mol. The molecule has 2 heterocycles. The van der Waals surface area contributed by atoms with Crippen LogP contribution in [0.15, 0.2) is 72.9 Å². The van der Waals surface area contributed by atoms with Crippen molar-refractivity contribution < 1.29 is 4.79 Å². The van der Waals surface area contributed by atoms with E-state index in [4.69, 9.17) is 0 Å². The van der Waals surface area contributed by atoms with Crippen LogP contribution in [0.2, 0.25) is 0 Å². The lowest BCUT2D eigenvalue weighted by Crippen LogP contribution is -2.40. The zero-order chi connectivity index (χ0) is 17.8. The molecule has 0 spiro atoms. The van der Waals surface area contributed by atoms with Crippen LogP contribution in [0.5, 0.6) is 0 Å². The smallest absolute Gasteiger partial charge is 0.270 e. The fraction of sp³-hybridized carbons (Fsp3) is 0.174. The normalized spacial score (nSPS) is 13.1. The summed E-state index contributed by atoms with van der Waals surface area (Å²) in [5.74, 6) is 6.42. The summed E-state index contributed by atoms with van der Waals surface area (Å²) in [5, 5.41) is 0. The van der Waals surface area contributed by atoms with Crippen LogP contribution in [0, 0.1) is 11.8 Å². The Hall–Kier alpha value is -3.25. The van der Waals surface area contributed by atoms with Crippen LogP contribution >= 0.6 is 0 Å². The first-order chi connectivity index (χ1) is 12.8. The zero-order valence-electron chi connectivity index (χ0n) is 14.6. The molecule has 1 aromatic heterocycles. The van der Waals surface area contributed by atoms with E-state index in [0.717, 1.165) is 42.9 Å². The van der Waals surface area contributed by atoms with E-state index in [0.29, 0.717) is 0 Å². The number of nitrogens with zero attached hydrogens (tertiary/aromatic N) is 2. The predicted molar refractivity (Wildman–Crippen MR) is 103 cm³/mol. The van der Waals surface area contributed by atoms with Gasteiger partial charge in [-0.2, -0.15) is 0 Å². The van der Waals surface area contributed by atoms with Gasteiger partial charge in [0.05, 0.1) is 0 Å². The van der Waals surface area contributed by atoms with E-state index < -0.39 is 0 Å². The van der Waals surface area contributed by atoms with Crippen LogP contribution in [0.4, 0.5) is 0 Å². The summed E-state index contributed by atoms with van der Waals surface area (Å²) in [5.41, 5.74) is 3.87. The number of carbonyl (C=O) groups is 1. The van der Waals surface area contributed by atoms with Gasteiger partial charge in [-0.3, -0.25) is 4.79 Å². The van der Waals surface area contributed by atoms with Crippen LogP contribution in [0.25, 0.3) is 0 Å². The van der Waals surface area contributed by atoms with Gasteiger partial charge in [0, 0.05) is 37.0 Å². The van der Waals surface area contributed by atoms with Gasteiger partial charge in [0.1, 0.15) is 5.69 Å². The van der Waals surface area contributed by atoms with E-state index in [2.05, 4.69) is 24.0 Å². The average Bonchev–Trinajstić information content (AvgIpc) is 3.12. The summed E-state index contributed by atoms with van der Waals surface area (Å²) in [6.45, 7) is 2.32. The molecular formula is C23H20N2O. The van der Waals surface area contributed by atoms with Crippen LogP contribution in [-0.4, -0.2) is 28.5 Å². The summed E-state index contributed by atoms with van der Waals surface area (Å²) in [7, 11) is 0. The number of hydrogen-bond donors (Lipinski definition) is 0. The minimum Gasteiger partial charge on any atom is -0.340 e. The molecule has 0 fully saturated rings. The first-order valence-corrected chi connectivity index (χ1v) is 8.90. The maximum Gasteiger partial charge on any atom is 0.270 e. The van der Waals surface area contributed by atoms with Crippen molar-refractivity contribution in [1.82, 2.24) is 9.47 Å². The predicted octanol–water partition coefficient (Wildman–Crippen LogP) is 3.59. The molecule has 0 radical (unpaired) electrons. The van der Waals surface area contributed by atoms with Gasteiger partial charge in [-0.25, -0.2) is 0 Å². The lowest BCUT2D eigenvalue weighted by atomic mass is 10.1. The van der Waals surface area contributed by atoms with Crippen molar-refractivity contribution in [2.75, 3.05) is 13.1 Å². The third kappa shape index (κ3) is 3.55. The van der Waals surface area contributed by atoms with E-state index in [1.54, 1.807) is 0 Å². The molecule has 26 heavy (non-hydrogen) atoms. The third-order valence-corrected chi connectivity index (χ3v) is 4.65. The quantitative estimate of drug-likeness (QED) is 0.669. The molecule has 2 aromatic carbocycles. The van der Waals surface area contributed by atoms with Gasteiger partial charge in [0.15, 0.2) is 0 Å². The Kier molecular flexibility index (Phi) is 4.57. The molecular weight excluding hydrogens is 320 g/mol. The minimum atomic E-state index is 0.0972. The number of hydrogen-bond acceptors (Lipinski definition) is 1. The molecule has 1 aliphatic heterocycles. The fourth-order valence-electron chi connectivity index (χ4n) is 3.22. The standard InChI is InChI=1S/C23H20N2O/c26-23-22-17-21(12-11-19-7-3-1-4-8-19)18-25(22)16-15-24(23)14-13-20-9-5-2-6-10-20/h1-10,17-18H,13-16H2. The molecule has 3 aromatic rings. The molecule has 0 saturated carbocycles. The minimum absolute atomic E-state index is 0.0972. The maximum atomic E-state index is 12.8. The number of aromatic nitrogens is 1. The topological polar surface area (TPSA) is 25.2 Å². The van der Waals surface area contributed by atoms with Crippen molar-refractivity contribution in [3.05, 3.63) is 95.3 Å². The molecule has 0 atom stereocenters. The van der Waals surface area contributed by atoms with Gasteiger partial charge in [-0.05, 0) is 30.2 Å². The summed E-state index contributed by atoms with van der Waals surface area (Å²) >= 11 is 0. The number of rotatable bonds is 3. The molecule has 0 bridgehead atoms. The van der Waals surface area contributed by atoms with Crippen LogP contribution in [0.3, 0.4) is 0 Å². The molecule has 1 aliphatic rings. The fourth-order valence-corrected chi connectivity index (χ4v) is 3.22. The molecule has 128 valence electrons. The highest BCUT2D eigenvalue weighted by molar-refractivity contribution is 5.94. The number of benzene rings is 2. The maximum absolute atomic E-state index is 12.8. The monoisotopic (exact) mass is 340 g/mol. The lowest BCUT2D eigenvalue weighted by Gasteiger charge is -2.28. The Morgan fingerprint density at radius 2 is 1.54 bits per heavy atom. The van der Waals surface area contributed by atoms with Crippen molar-refractivity contribution in [2.24, 2.45) is 0 Å². The Morgan fingerprint density at radius 3 is 2.31 bits per heavy atom. The summed E-state index contributed by atoms with van der Waals surface area (Å²) in [4.78, 5) is 14.7. The van der Waals surface area contributed by atoms with Crippen molar-refractivity contribution in [3.8, 4) is 11.8 Å². The summed E-state index contributed by atoms with van der Waals surface area (Å²) < 4.78 is 2.02. The highest BCUT2D eigenvalue weighted by atomic mass is 16.2. The summed E-state index contributed by atoms with van der Waals surface area (Å²) in [6, 6.07) is 22.1. The van der Waals surface area contributed by atoms with E-state index >= 15 is 0 Å². The largest absolute Gasteiger partial charge is 0.340 e. The van der Waals surface area contributed by atoms with Crippen molar-refractivity contribution in [3.63, 3.8) is 0 Å². The van der Waals surface area contributed by atoms with Crippen molar-refractivity contribution >= 4 is 5.91 Å². The highest BCUT2D eigenvalue weighted by Crippen LogP contribution is 2.17.